The van der Waals surface area contributed by atoms with Crippen molar-refractivity contribution in [1.29, 1.82) is 0 Å². The summed E-state index contributed by atoms with van der Waals surface area (Å²) in [5.74, 6) is -0.247. The highest BCUT2D eigenvalue weighted by molar-refractivity contribution is 5.91. The maximum absolute atomic E-state index is 12.2. The van der Waals surface area contributed by atoms with Crippen LogP contribution in [0, 0.1) is 0 Å². The number of carbonyl (C=O) groups excluding carboxylic acids is 1. The number of amides is 1. The molecule has 3 aromatic rings. The van der Waals surface area contributed by atoms with E-state index in [9.17, 15) is 13.6 Å². The Labute approximate surface area is 154 Å². The molecule has 1 N–H and O–H groups in total. The molecule has 3 rings (SSSR count). The highest BCUT2D eigenvalue weighted by atomic mass is 19.3. The Hall–Kier alpha value is -3.48. The molecule has 0 aliphatic heterocycles. The van der Waals surface area contributed by atoms with Crippen LogP contribution in [0.25, 0.3) is 11.8 Å². The smallest absolute Gasteiger partial charge is 0.387 e. The van der Waals surface area contributed by atoms with Gasteiger partial charge in [0.2, 0.25) is 5.91 Å². The van der Waals surface area contributed by atoms with Crippen LogP contribution in [-0.4, -0.2) is 22.3 Å². The van der Waals surface area contributed by atoms with Crippen molar-refractivity contribution >= 4 is 12.0 Å². The van der Waals surface area contributed by atoms with Gasteiger partial charge < -0.3 is 10.1 Å². The molecule has 0 radical (unpaired) electrons. The molecule has 138 valence electrons. The zero-order valence-electron chi connectivity index (χ0n) is 14.3. The molecule has 0 saturated carbocycles. The summed E-state index contributed by atoms with van der Waals surface area (Å²) in [6, 6.07) is 15.8. The van der Waals surface area contributed by atoms with Crippen molar-refractivity contribution in [2.45, 2.75) is 13.2 Å². The number of aromatic nitrogens is 2. The van der Waals surface area contributed by atoms with Gasteiger partial charge in [0.05, 0.1) is 11.9 Å². The lowest BCUT2D eigenvalue weighted by atomic mass is 10.2. The summed E-state index contributed by atoms with van der Waals surface area (Å²) in [6.45, 7) is -2.68. The summed E-state index contributed by atoms with van der Waals surface area (Å²) in [7, 11) is 0. The van der Waals surface area contributed by atoms with Crippen LogP contribution < -0.4 is 10.1 Å². The van der Waals surface area contributed by atoms with Gasteiger partial charge in [-0.25, -0.2) is 4.68 Å². The van der Waals surface area contributed by atoms with Crippen molar-refractivity contribution < 1.29 is 18.3 Å². The Morgan fingerprint density at radius 2 is 2.00 bits per heavy atom. The number of nitrogens with one attached hydrogen (secondary N) is 1. The molecule has 7 heteroatoms. The van der Waals surface area contributed by atoms with E-state index in [2.05, 4.69) is 15.2 Å². The largest absolute Gasteiger partial charge is 0.435 e. The summed E-state index contributed by atoms with van der Waals surface area (Å²) in [6.07, 6.45) is 6.51. The van der Waals surface area contributed by atoms with Crippen LogP contribution in [0.15, 0.2) is 73.1 Å². The van der Waals surface area contributed by atoms with Crippen LogP contribution in [0.1, 0.15) is 11.1 Å². The fraction of sp³-hybridized carbons (Fsp3) is 0.100. The normalized spacial score (nSPS) is 11.1. The third-order valence-corrected chi connectivity index (χ3v) is 3.64. The van der Waals surface area contributed by atoms with Crippen molar-refractivity contribution in [2.75, 3.05) is 0 Å². The lowest BCUT2D eigenvalue weighted by Gasteiger charge is -2.07. The highest BCUT2D eigenvalue weighted by Crippen LogP contribution is 2.15. The van der Waals surface area contributed by atoms with Crippen LogP contribution in [0.5, 0.6) is 5.75 Å². The van der Waals surface area contributed by atoms with Crippen molar-refractivity contribution in [3.63, 3.8) is 0 Å². The SMILES string of the molecule is O=C(/C=C/c1cnn(-c2ccccc2)c1)NCc1cccc(OC(F)F)c1. The number of benzene rings is 2. The molecule has 2 aromatic carbocycles. The molecule has 1 aromatic heterocycles. The van der Waals surface area contributed by atoms with Gasteiger partial charge in [-0.15, -0.1) is 0 Å². The quantitative estimate of drug-likeness (QED) is 0.645. The van der Waals surface area contributed by atoms with Crippen molar-refractivity contribution in [2.24, 2.45) is 0 Å². The lowest BCUT2D eigenvalue weighted by Crippen LogP contribution is -2.20. The van der Waals surface area contributed by atoms with Gasteiger partial charge in [0.15, 0.2) is 0 Å². The Bertz CT molecular complexity index is 924. The fourth-order valence-corrected chi connectivity index (χ4v) is 2.40. The van der Waals surface area contributed by atoms with Crippen LogP contribution >= 0.6 is 0 Å². The monoisotopic (exact) mass is 369 g/mol. The number of alkyl halides is 2. The number of carbonyl (C=O) groups is 1. The molecule has 0 unspecified atom stereocenters. The zero-order valence-corrected chi connectivity index (χ0v) is 14.3. The second-order valence-electron chi connectivity index (χ2n) is 5.63. The molecule has 0 atom stereocenters. The molecule has 0 fully saturated rings. The first-order valence-electron chi connectivity index (χ1n) is 8.20. The minimum Gasteiger partial charge on any atom is -0.435 e. The first-order chi connectivity index (χ1) is 13.1. The van der Waals surface area contributed by atoms with E-state index in [4.69, 9.17) is 0 Å². The molecule has 0 saturated heterocycles. The number of nitrogens with zero attached hydrogens (tertiary/aromatic N) is 2. The predicted octanol–water partition coefficient (Wildman–Crippen LogP) is 3.80. The predicted molar refractivity (Wildman–Crippen MR) is 97.5 cm³/mol. The molecule has 1 amide bonds. The number of ether oxygens (including phenoxy) is 1. The minimum atomic E-state index is -2.88. The maximum atomic E-state index is 12.2. The summed E-state index contributed by atoms with van der Waals surface area (Å²) in [4.78, 5) is 12.0. The van der Waals surface area contributed by atoms with Crippen LogP contribution in [0.2, 0.25) is 0 Å². The van der Waals surface area contributed by atoms with Gasteiger partial charge >= 0.3 is 6.61 Å². The lowest BCUT2D eigenvalue weighted by molar-refractivity contribution is -0.116. The summed E-state index contributed by atoms with van der Waals surface area (Å²) in [5.41, 5.74) is 2.36. The van der Waals surface area contributed by atoms with E-state index in [1.165, 1.54) is 18.2 Å². The van der Waals surface area contributed by atoms with E-state index in [-0.39, 0.29) is 18.2 Å². The maximum Gasteiger partial charge on any atom is 0.387 e. The standard InChI is InChI=1S/C20H17F2N3O2/c21-20(22)27-18-8-4-5-15(11-18)12-23-19(26)10-9-16-13-24-25(14-16)17-6-2-1-3-7-17/h1-11,13-14,20H,12H2,(H,23,26)/b10-9+. The number of halogens is 2. The first kappa shape index (κ1) is 18.3. The van der Waals surface area contributed by atoms with Crippen molar-refractivity contribution in [1.82, 2.24) is 15.1 Å². The molecule has 27 heavy (non-hydrogen) atoms. The number of rotatable bonds is 7. The highest BCUT2D eigenvalue weighted by Gasteiger charge is 2.05. The second kappa shape index (κ2) is 8.75. The topological polar surface area (TPSA) is 56.2 Å². The fourth-order valence-electron chi connectivity index (χ4n) is 2.40. The van der Waals surface area contributed by atoms with Gasteiger partial charge in [-0.1, -0.05) is 30.3 Å². The van der Waals surface area contributed by atoms with Gasteiger partial charge in [0.25, 0.3) is 0 Å². The Balaban J connectivity index is 1.54. The van der Waals surface area contributed by atoms with Crippen LogP contribution in [0.4, 0.5) is 8.78 Å². The zero-order chi connectivity index (χ0) is 19.1. The molecule has 0 spiro atoms. The molecule has 1 heterocycles. The van der Waals surface area contributed by atoms with Crippen molar-refractivity contribution in [3.05, 3.63) is 84.2 Å². The third-order valence-electron chi connectivity index (χ3n) is 3.64. The van der Waals surface area contributed by atoms with E-state index in [1.54, 1.807) is 29.1 Å². The molecule has 5 nitrogen and oxygen atoms in total. The summed E-state index contributed by atoms with van der Waals surface area (Å²) >= 11 is 0. The number of hydrogen-bond donors (Lipinski definition) is 1. The van der Waals surface area contributed by atoms with Gasteiger partial charge in [-0.3, -0.25) is 4.79 Å². The van der Waals surface area contributed by atoms with Crippen molar-refractivity contribution in [3.8, 4) is 11.4 Å². The van der Waals surface area contributed by atoms with E-state index < -0.39 is 6.61 Å². The van der Waals surface area contributed by atoms with Gasteiger partial charge in [0, 0.05) is 24.4 Å². The van der Waals surface area contributed by atoms with Crippen LogP contribution in [0.3, 0.4) is 0 Å². The molecule has 0 aliphatic carbocycles. The van der Waals surface area contributed by atoms with Crippen LogP contribution in [-0.2, 0) is 11.3 Å². The third kappa shape index (κ3) is 5.50. The van der Waals surface area contributed by atoms with E-state index in [1.807, 2.05) is 36.5 Å². The molecule has 0 aliphatic rings. The molecule has 0 bridgehead atoms. The summed E-state index contributed by atoms with van der Waals surface area (Å²) < 4.78 is 30.5. The average Bonchev–Trinajstić information content (AvgIpc) is 3.14. The van der Waals surface area contributed by atoms with E-state index in [0.29, 0.717) is 5.56 Å². The Kier molecular flexibility index (Phi) is 5.94. The second-order valence-corrected chi connectivity index (χ2v) is 5.63. The Morgan fingerprint density at radius 1 is 1.19 bits per heavy atom. The molecular formula is C20H17F2N3O2. The average molecular weight is 369 g/mol. The van der Waals surface area contributed by atoms with Gasteiger partial charge in [-0.2, -0.15) is 13.9 Å². The van der Waals surface area contributed by atoms with Gasteiger partial charge in [-0.05, 0) is 35.9 Å². The first-order valence-corrected chi connectivity index (χ1v) is 8.20. The minimum absolute atomic E-state index is 0.0561. The van der Waals surface area contributed by atoms with Gasteiger partial charge in [0.1, 0.15) is 5.75 Å². The number of hydrogen-bond acceptors (Lipinski definition) is 3. The number of para-hydroxylation sites is 1. The Morgan fingerprint density at radius 3 is 2.78 bits per heavy atom. The molecular weight excluding hydrogens is 352 g/mol. The van der Waals surface area contributed by atoms with E-state index >= 15 is 0 Å². The summed E-state index contributed by atoms with van der Waals surface area (Å²) in [5, 5.41) is 6.94. The van der Waals surface area contributed by atoms with E-state index in [0.717, 1.165) is 11.3 Å².